The first-order valence-corrected chi connectivity index (χ1v) is 8.74. The lowest BCUT2D eigenvalue weighted by molar-refractivity contribution is 0.471. The summed E-state index contributed by atoms with van der Waals surface area (Å²) in [6, 6.07) is 0.535. The highest BCUT2D eigenvalue weighted by Crippen LogP contribution is 2.22. The van der Waals surface area contributed by atoms with Crippen LogP contribution in [0.2, 0.25) is 0 Å². The van der Waals surface area contributed by atoms with Gasteiger partial charge >= 0.3 is 0 Å². The first-order chi connectivity index (χ1) is 10.3. The van der Waals surface area contributed by atoms with Crippen LogP contribution in [0.5, 0.6) is 0 Å². The Labute approximate surface area is 129 Å². The summed E-state index contributed by atoms with van der Waals surface area (Å²) < 4.78 is 2.32. The van der Waals surface area contributed by atoms with Crippen molar-refractivity contribution in [3.05, 3.63) is 29.9 Å². The molecule has 118 valence electrons. The van der Waals surface area contributed by atoms with Gasteiger partial charge in [-0.3, -0.25) is 0 Å². The van der Waals surface area contributed by atoms with Crippen LogP contribution in [0.4, 0.5) is 0 Å². The van der Waals surface area contributed by atoms with Crippen LogP contribution < -0.4 is 5.32 Å². The molecule has 21 heavy (non-hydrogen) atoms. The van der Waals surface area contributed by atoms with Crippen molar-refractivity contribution in [2.45, 2.75) is 77.8 Å². The first-order valence-electron chi connectivity index (χ1n) is 8.74. The highest BCUT2D eigenvalue weighted by molar-refractivity contribution is 5.08. The molecule has 1 N–H and O–H groups in total. The van der Waals surface area contributed by atoms with E-state index in [9.17, 15) is 0 Å². The van der Waals surface area contributed by atoms with Gasteiger partial charge in [-0.05, 0) is 51.5 Å². The van der Waals surface area contributed by atoms with Gasteiger partial charge in [0.2, 0.25) is 0 Å². The zero-order valence-corrected chi connectivity index (χ0v) is 13.8. The molecule has 1 heterocycles. The third kappa shape index (κ3) is 5.31. The molecule has 1 aliphatic rings. The van der Waals surface area contributed by atoms with E-state index in [1.165, 1.54) is 50.8 Å². The van der Waals surface area contributed by atoms with Gasteiger partial charge < -0.3 is 9.88 Å². The second-order valence-electron chi connectivity index (χ2n) is 6.20. The van der Waals surface area contributed by atoms with Gasteiger partial charge in [0.25, 0.3) is 0 Å². The van der Waals surface area contributed by atoms with Crippen LogP contribution in [0, 0.1) is 0 Å². The van der Waals surface area contributed by atoms with Crippen molar-refractivity contribution in [2.75, 3.05) is 6.54 Å². The summed E-state index contributed by atoms with van der Waals surface area (Å²) in [7, 11) is 0. The van der Waals surface area contributed by atoms with Gasteiger partial charge in [-0.1, -0.05) is 25.5 Å². The number of hydrogen-bond acceptors (Lipinski definition) is 2. The van der Waals surface area contributed by atoms with Crippen molar-refractivity contribution < 1.29 is 0 Å². The number of hydrogen-bond donors (Lipinski definition) is 1. The molecule has 0 aromatic carbocycles. The standard InChI is InChI=1S/C18H31N3/c1-3-10-19-17(14-16-8-6-5-7-9-16)15-18-20-11-13-21(18)12-4-2/h8,11,13,17,19H,3-7,9-10,12,14-15H2,1-2H3. The van der Waals surface area contributed by atoms with Crippen LogP contribution in [-0.2, 0) is 13.0 Å². The number of allylic oxidation sites excluding steroid dienone is 1. The van der Waals surface area contributed by atoms with Crippen molar-refractivity contribution in [2.24, 2.45) is 0 Å². The smallest absolute Gasteiger partial charge is 0.110 e. The van der Waals surface area contributed by atoms with E-state index in [-0.39, 0.29) is 0 Å². The van der Waals surface area contributed by atoms with E-state index in [1.807, 2.05) is 6.20 Å². The first kappa shape index (κ1) is 16.3. The lowest BCUT2D eigenvalue weighted by Gasteiger charge is -2.22. The SMILES string of the molecule is CCCNC(CC1=CCCCC1)Cc1nccn1CCC. The number of imidazole rings is 1. The predicted octanol–water partition coefficient (Wildman–Crippen LogP) is 4.09. The largest absolute Gasteiger partial charge is 0.335 e. The molecule has 0 bridgehead atoms. The third-order valence-electron chi connectivity index (χ3n) is 4.27. The summed E-state index contributed by atoms with van der Waals surface area (Å²) in [6.07, 6.45) is 16.5. The summed E-state index contributed by atoms with van der Waals surface area (Å²) in [5.41, 5.74) is 1.66. The van der Waals surface area contributed by atoms with Crippen LogP contribution in [-0.4, -0.2) is 22.1 Å². The van der Waals surface area contributed by atoms with Gasteiger partial charge in [0, 0.05) is 31.4 Å². The highest BCUT2D eigenvalue weighted by Gasteiger charge is 2.15. The van der Waals surface area contributed by atoms with Crippen molar-refractivity contribution in [1.82, 2.24) is 14.9 Å². The molecule has 1 atom stereocenters. The molecule has 0 saturated carbocycles. The van der Waals surface area contributed by atoms with Crippen LogP contribution in [0.25, 0.3) is 0 Å². The molecular weight excluding hydrogens is 258 g/mol. The number of nitrogens with zero attached hydrogens (tertiary/aromatic N) is 2. The molecule has 0 saturated heterocycles. The average molecular weight is 289 g/mol. The van der Waals surface area contributed by atoms with E-state index < -0.39 is 0 Å². The fraction of sp³-hybridized carbons (Fsp3) is 0.722. The van der Waals surface area contributed by atoms with Gasteiger partial charge in [-0.2, -0.15) is 0 Å². The lowest BCUT2D eigenvalue weighted by Crippen LogP contribution is -2.33. The molecule has 2 rings (SSSR count). The van der Waals surface area contributed by atoms with Crippen LogP contribution in [0.15, 0.2) is 24.0 Å². The molecule has 0 amide bonds. The Kier molecular flexibility index (Phi) is 7.01. The zero-order valence-electron chi connectivity index (χ0n) is 13.8. The third-order valence-corrected chi connectivity index (χ3v) is 4.27. The minimum Gasteiger partial charge on any atom is -0.335 e. The Bertz CT molecular complexity index is 433. The second kappa shape index (κ2) is 9.04. The van der Waals surface area contributed by atoms with Crippen molar-refractivity contribution in [3.63, 3.8) is 0 Å². The molecule has 1 aliphatic carbocycles. The van der Waals surface area contributed by atoms with Crippen LogP contribution >= 0.6 is 0 Å². The Morgan fingerprint density at radius 3 is 2.86 bits per heavy atom. The van der Waals surface area contributed by atoms with E-state index in [0.717, 1.165) is 19.5 Å². The quantitative estimate of drug-likeness (QED) is 0.694. The maximum absolute atomic E-state index is 4.58. The molecule has 3 nitrogen and oxygen atoms in total. The fourth-order valence-corrected chi connectivity index (χ4v) is 3.17. The Hall–Kier alpha value is -1.09. The fourth-order valence-electron chi connectivity index (χ4n) is 3.17. The molecule has 0 radical (unpaired) electrons. The zero-order chi connectivity index (χ0) is 14.9. The van der Waals surface area contributed by atoms with Crippen molar-refractivity contribution >= 4 is 0 Å². The Morgan fingerprint density at radius 2 is 2.14 bits per heavy atom. The summed E-state index contributed by atoms with van der Waals surface area (Å²) >= 11 is 0. The maximum Gasteiger partial charge on any atom is 0.110 e. The molecular formula is C18H31N3. The number of aromatic nitrogens is 2. The monoisotopic (exact) mass is 289 g/mol. The molecule has 0 fully saturated rings. The van der Waals surface area contributed by atoms with Crippen molar-refractivity contribution in [1.29, 1.82) is 0 Å². The number of nitrogens with one attached hydrogen (secondary N) is 1. The number of rotatable bonds is 9. The molecule has 1 unspecified atom stereocenters. The molecule has 3 heteroatoms. The van der Waals surface area contributed by atoms with Gasteiger partial charge in [0.05, 0.1) is 0 Å². The molecule has 0 aliphatic heterocycles. The van der Waals surface area contributed by atoms with E-state index >= 15 is 0 Å². The highest BCUT2D eigenvalue weighted by atomic mass is 15.1. The van der Waals surface area contributed by atoms with E-state index in [4.69, 9.17) is 0 Å². The Morgan fingerprint density at radius 1 is 1.24 bits per heavy atom. The van der Waals surface area contributed by atoms with Crippen molar-refractivity contribution in [3.8, 4) is 0 Å². The van der Waals surface area contributed by atoms with Gasteiger partial charge in [0.15, 0.2) is 0 Å². The second-order valence-corrected chi connectivity index (χ2v) is 6.20. The molecule has 1 aromatic rings. The van der Waals surface area contributed by atoms with E-state index in [0.29, 0.717) is 6.04 Å². The normalized spacial score (nSPS) is 16.8. The lowest BCUT2D eigenvalue weighted by atomic mass is 9.93. The Balaban J connectivity index is 1.97. The van der Waals surface area contributed by atoms with Gasteiger partial charge in [-0.25, -0.2) is 4.98 Å². The minimum absolute atomic E-state index is 0.535. The number of aryl methyl sites for hydroxylation is 1. The summed E-state index contributed by atoms with van der Waals surface area (Å²) in [4.78, 5) is 4.58. The minimum atomic E-state index is 0.535. The summed E-state index contributed by atoms with van der Waals surface area (Å²) in [5.74, 6) is 1.24. The maximum atomic E-state index is 4.58. The molecule has 1 aromatic heterocycles. The average Bonchev–Trinajstić information content (AvgIpc) is 2.93. The van der Waals surface area contributed by atoms with Crippen LogP contribution in [0.1, 0.15) is 64.6 Å². The van der Waals surface area contributed by atoms with Gasteiger partial charge in [0.1, 0.15) is 5.82 Å². The van der Waals surface area contributed by atoms with E-state index in [1.54, 1.807) is 5.57 Å². The predicted molar refractivity (Wildman–Crippen MR) is 89.5 cm³/mol. The van der Waals surface area contributed by atoms with Crippen LogP contribution in [0.3, 0.4) is 0 Å². The topological polar surface area (TPSA) is 29.9 Å². The summed E-state index contributed by atoms with van der Waals surface area (Å²) in [6.45, 7) is 6.65. The summed E-state index contributed by atoms with van der Waals surface area (Å²) in [5, 5.41) is 3.73. The van der Waals surface area contributed by atoms with Gasteiger partial charge in [-0.15, -0.1) is 0 Å². The van der Waals surface area contributed by atoms with E-state index in [2.05, 4.69) is 41.0 Å². The molecule has 0 spiro atoms.